The summed E-state index contributed by atoms with van der Waals surface area (Å²) in [5, 5.41) is 9.51. The molecular weight excluding hydrogens is 385 g/mol. The number of halogens is 2. The molecule has 0 amide bonds. The van der Waals surface area contributed by atoms with Crippen LogP contribution >= 0.6 is 23.2 Å². The van der Waals surface area contributed by atoms with E-state index in [2.05, 4.69) is 10.3 Å². The van der Waals surface area contributed by atoms with Crippen molar-refractivity contribution in [1.29, 1.82) is 0 Å². The minimum Gasteiger partial charge on any atom is -0.487 e. The Balaban J connectivity index is 1.94. The Morgan fingerprint density at radius 2 is 1.74 bits per heavy atom. The number of hydrogen-bond donors (Lipinski definition) is 0. The molecule has 0 radical (unpaired) electrons. The molecule has 5 nitrogen and oxygen atoms in total. The number of ether oxygens (including phenoxy) is 1. The average Bonchev–Trinajstić information content (AvgIpc) is 3.04. The summed E-state index contributed by atoms with van der Waals surface area (Å²) in [7, 11) is 0. The van der Waals surface area contributed by atoms with Gasteiger partial charge in [-0.15, -0.1) is 5.10 Å². The maximum atomic E-state index is 11.4. The quantitative estimate of drug-likeness (QED) is 0.511. The van der Waals surface area contributed by atoms with Gasteiger partial charge in [0.1, 0.15) is 23.7 Å². The van der Waals surface area contributed by atoms with E-state index in [0.717, 1.165) is 11.4 Å². The third kappa shape index (κ3) is 4.15. The number of carbonyl (C=O) groups is 1. The zero-order valence-electron chi connectivity index (χ0n) is 15.2. The Morgan fingerprint density at radius 3 is 2.30 bits per heavy atom. The number of Topliss-reactive ketones (excluding diaryl/α,β-unsaturated/α-hetero) is 1. The lowest BCUT2D eigenvalue weighted by Gasteiger charge is -2.13. The third-order valence-electron chi connectivity index (χ3n) is 4.13. The van der Waals surface area contributed by atoms with E-state index in [-0.39, 0.29) is 18.3 Å². The van der Waals surface area contributed by atoms with Gasteiger partial charge in [-0.3, -0.25) is 4.79 Å². The molecule has 0 aliphatic carbocycles. The van der Waals surface area contributed by atoms with Gasteiger partial charge in [-0.25, -0.2) is 4.68 Å². The van der Waals surface area contributed by atoms with Crippen LogP contribution in [0.2, 0.25) is 10.0 Å². The molecule has 2 aromatic carbocycles. The number of ketones is 1. The molecule has 1 heterocycles. The lowest BCUT2D eigenvalue weighted by atomic mass is 10.1. The molecule has 0 saturated carbocycles. The van der Waals surface area contributed by atoms with Gasteiger partial charge in [0.05, 0.1) is 15.7 Å². The summed E-state index contributed by atoms with van der Waals surface area (Å²) in [6.07, 6.45) is 0. The van der Waals surface area contributed by atoms with E-state index < -0.39 is 0 Å². The molecule has 1 aromatic heterocycles. The molecule has 0 spiro atoms. The van der Waals surface area contributed by atoms with E-state index in [9.17, 15) is 4.79 Å². The fraction of sp³-hybridized carbons (Fsp3) is 0.250. The van der Waals surface area contributed by atoms with Gasteiger partial charge in [0.15, 0.2) is 5.78 Å². The molecule has 140 valence electrons. The first-order valence-corrected chi connectivity index (χ1v) is 9.26. The Bertz CT molecular complexity index is 946. The first kappa shape index (κ1) is 19.4. The van der Waals surface area contributed by atoms with Crippen molar-refractivity contribution in [2.45, 2.75) is 33.3 Å². The summed E-state index contributed by atoms with van der Waals surface area (Å²) in [6.45, 7) is 5.84. The van der Waals surface area contributed by atoms with Crippen molar-refractivity contribution in [2.24, 2.45) is 0 Å². The largest absolute Gasteiger partial charge is 0.487 e. The minimum atomic E-state index is 0.0132. The highest BCUT2D eigenvalue weighted by molar-refractivity contribution is 6.37. The van der Waals surface area contributed by atoms with Crippen molar-refractivity contribution in [3.05, 3.63) is 69.5 Å². The van der Waals surface area contributed by atoms with Crippen molar-refractivity contribution >= 4 is 29.0 Å². The van der Waals surface area contributed by atoms with Gasteiger partial charge in [-0.1, -0.05) is 48.3 Å². The van der Waals surface area contributed by atoms with Gasteiger partial charge in [0.25, 0.3) is 0 Å². The first-order chi connectivity index (χ1) is 12.9. The molecule has 0 fully saturated rings. The summed E-state index contributed by atoms with van der Waals surface area (Å²) in [4.78, 5) is 11.4. The zero-order chi connectivity index (χ0) is 19.6. The maximum absolute atomic E-state index is 11.4. The van der Waals surface area contributed by atoms with Crippen LogP contribution in [0, 0.1) is 0 Å². The summed E-state index contributed by atoms with van der Waals surface area (Å²) in [6, 6.07) is 12.3. The molecule has 0 aliphatic rings. The van der Waals surface area contributed by atoms with E-state index in [1.165, 1.54) is 6.92 Å². The highest BCUT2D eigenvalue weighted by Crippen LogP contribution is 2.31. The Kier molecular flexibility index (Phi) is 5.82. The van der Waals surface area contributed by atoms with E-state index >= 15 is 0 Å². The third-order valence-corrected chi connectivity index (χ3v) is 4.74. The van der Waals surface area contributed by atoms with Crippen LogP contribution < -0.4 is 4.74 Å². The van der Waals surface area contributed by atoms with Crippen LogP contribution in [0.4, 0.5) is 0 Å². The second-order valence-electron chi connectivity index (χ2n) is 6.43. The highest BCUT2D eigenvalue weighted by atomic mass is 35.5. The molecule has 0 saturated heterocycles. The SMILES string of the molecule is CC(=O)c1ccc(OCc2c(C(C)C)nnn2-c2c(Cl)cccc2Cl)cc1. The molecule has 0 atom stereocenters. The molecule has 27 heavy (non-hydrogen) atoms. The Hall–Kier alpha value is -2.37. The van der Waals surface area contributed by atoms with Gasteiger partial charge < -0.3 is 4.74 Å². The Morgan fingerprint density at radius 1 is 1.11 bits per heavy atom. The van der Waals surface area contributed by atoms with Gasteiger partial charge >= 0.3 is 0 Å². The molecule has 0 unspecified atom stereocenters. The molecule has 7 heteroatoms. The number of aromatic nitrogens is 3. The molecule has 3 aromatic rings. The van der Waals surface area contributed by atoms with Crippen LogP contribution in [0.1, 0.15) is 48.4 Å². The monoisotopic (exact) mass is 403 g/mol. The molecular formula is C20H19Cl2N3O2. The van der Waals surface area contributed by atoms with Crippen LogP contribution in [0.5, 0.6) is 5.75 Å². The zero-order valence-corrected chi connectivity index (χ0v) is 16.8. The van der Waals surface area contributed by atoms with E-state index in [0.29, 0.717) is 27.0 Å². The second-order valence-corrected chi connectivity index (χ2v) is 7.24. The van der Waals surface area contributed by atoms with Gasteiger partial charge in [-0.05, 0) is 49.2 Å². The normalized spacial score (nSPS) is 11.0. The smallest absolute Gasteiger partial charge is 0.159 e. The molecule has 3 rings (SSSR count). The van der Waals surface area contributed by atoms with Crippen LogP contribution in [-0.2, 0) is 6.61 Å². The van der Waals surface area contributed by atoms with Gasteiger partial charge in [0.2, 0.25) is 0 Å². The number of carbonyl (C=O) groups excluding carboxylic acids is 1. The van der Waals surface area contributed by atoms with Crippen molar-refractivity contribution in [1.82, 2.24) is 15.0 Å². The molecule has 0 bridgehead atoms. The van der Waals surface area contributed by atoms with Crippen molar-refractivity contribution < 1.29 is 9.53 Å². The van der Waals surface area contributed by atoms with E-state index in [4.69, 9.17) is 27.9 Å². The van der Waals surface area contributed by atoms with Crippen LogP contribution in [-0.4, -0.2) is 20.8 Å². The predicted molar refractivity (Wildman–Crippen MR) is 106 cm³/mol. The fourth-order valence-electron chi connectivity index (χ4n) is 2.71. The number of hydrogen-bond acceptors (Lipinski definition) is 4. The van der Waals surface area contributed by atoms with Gasteiger partial charge in [-0.2, -0.15) is 0 Å². The van der Waals surface area contributed by atoms with E-state index in [1.54, 1.807) is 47.1 Å². The Labute approximate surface area is 167 Å². The van der Waals surface area contributed by atoms with Crippen LogP contribution in [0.15, 0.2) is 42.5 Å². The topological polar surface area (TPSA) is 57.0 Å². The average molecular weight is 404 g/mol. The first-order valence-electron chi connectivity index (χ1n) is 8.51. The summed E-state index contributed by atoms with van der Waals surface area (Å²) < 4.78 is 7.55. The van der Waals surface area contributed by atoms with Crippen molar-refractivity contribution in [2.75, 3.05) is 0 Å². The standard InChI is InChI=1S/C20H19Cl2N3O2/c1-12(2)19-18(11-27-15-9-7-14(8-10-15)13(3)26)25(24-23-19)20-16(21)5-4-6-17(20)22/h4-10,12H,11H2,1-3H3. The second kappa shape index (κ2) is 8.11. The lowest BCUT2D eigenvalue weighted by molar-refractivity contribution is 0.101. The number of rotatable bonds is 6. The van der Waals surface area contributed by atoms with Gasteiger partial charge in [0, 0.05) is 5.56 Å². The predicted octanol–water partition coefficient (Wildman–Crippen LogP) is 5.48. The minimum absolute atomic E-state index is 0.0132. The fourth-order valence-corrected chi connectivity index (χ4v) is 3.26. The molecule has 0 N–H and O–H groups in total. The lowest BCUT2D eigenvalue weighted by Crippen LogP contribution is -2.09. The van der Waals surface area contributed by atoms with Crippen LogP contribution in [0.25, 0.3) is 5.69 Å². The number of nitrogens with zero attached hydrogens (tertiary/aromatic N) is 3. The van der Waals surface area contributed by atoms with E-state index in [1.807, 2.05) is 13.8 Å². The number of benzene rings is 2. The van der Waals surface area contributed by atoms with Crippen molar-refractivity contribution in [3.63, 3.8) is 0 Å². The molecule has 0 aliphatic heterocycles. The number of para-hydroxylation sites is 1. The van der Waals surface area contributed by atoms with Crippen LogP contribution in [0.3, 0.4) is 0 Å². The summed E-state index contributed by atoms with van der Waals surface area (Å²) >= 11 is 12.7. The summed E-state index contributed by atoms with van der Waals surface area (Å²) in [5.74, 6) is 0.811. The maximum Gasteiger partial charge on any atom is 0.159 e. The summed E-state index contributed by atoms with van der Waals surface area (Å²) in [5.41, 5.74) is 2.80. The highest BCUT2D eigenvalue weighted by Gasteiger charge is 2.20. The van der Waals surface area contributed by atoms with Crippen molar-refractivity contribution in [3.8, 4) is 11.4 Å².